The van der Waals surface area contributed by atoms with Crippen molar-refractivity contribution in [2.75, 3.05) is 12.3 Å². The van der Waals surface area contributed by atoms with Crippen molar-refractivity contribution < 1.29 is 4.57 Å². The summed E-state index contributed by atoms with van der Waals surface area (Å²) in [5.74, 6) is 0.765. The van der Waals surface area contributed by atoms with E-state index in [4.69, 9.17) is 0 Å². The van der Waals surface area contributed by atoms with Crippen LogP contribution in [0.3, 0.4) is 0 Å². The van der Waals surface area contributed by atoms with Gasteiger partial charge in [-0.1, -0.05) is 37.3 Å². The molecule has 0 bridgehead atoms. The fraction of sp³-hybridized carbons (Fsp3) is 0.500. The highest BCUT2D eigenvalue weighted by Crippen LogP contribution is 2.50. The largest absolute Gasteiger partial charge is 0.319 e. The predicted octanol–water partition coefficient (Wildman–Crippen LogP) is 3.10. The predicted molar refractivity (Wildman–Crippen MR) is 61.8 cm³/mol. The average Bonchev–Trinajstić information content (AvgIpc) is 2.24. The van der Waals surface area contributed by atoms with Crippen molar-refractivity contribution in [2.24, 2.45) is 5.92 Å². The number of benzene rings is 1. The van der Waals surface area contributed by atoms with E-state index in [0.717, 1.165) is 36.4 Å². The molecule has 0 saturated carbocycles. The summed E-state index contributed by atoms with van der Waals surface area (Å²) < 4.78 is 12.6. The number of hydrogen-bond acceptors (Lipinski definition) is 1. The maximum atomic E-state index is 12.6. The van der Waals surface area contributed by atoms with Crippen LogP contribution in [0.15, 0.2) is 30.3 Å². The first-order valence-corrected chi connectivity index (χ1v) is 7.42. The molecule has 0 amide bonds. The van der Waals surface area contributed by atoms with Gasteiger partial charge in [0.25, 0.3) is 0 Å². The zero-order chi connectivity index (χ0) is 10.0. The Hall–Kier alpha value is -0.550. The first kappa shape index (κ1) is 9.98. The molecule has 76 valence electrons. The van der Waals surface area contributed by atoms with Gasteiger partial charge in [-0.2, -0.15) is 0 Å². The molecule has 0 aromatic heterocycles. The summed E-state index contributed by atoms with van der Waals surface area (Å²) in [5, 5.41) is 1.09. The van der Waals surface area contributed by atoms with Gasteiger partial charge in [-0.15, -0.1) is 0 Å². The van der Waals surface area contributed by atoms with Crippen LogP contribution in [-0.2, 0) is 4.57 Å². The van der Waals surface area contributed by atoms with E-state index >= 15 is 0 Å². The molecule has 0 N–H and O–H groups in total. The van der Waals surface area contributed by atoms with Gasteiger partial charge in [-0.25, -0.2) is 0 Å². The third-order valence-electron chi connectivity index (χ3n) is 3.19. The van der Waals surface area contributed by atoms with Gasteiger partial charge in [0.15, 0.2) is 0 Å². The van der Waals surface area contributed by atoms with Crippen LogP contribution in [-0.4, -0.2) is 12.3 Å². The summed E-state index contributed by atoms with van der Waals surface area (Å²) in [6, 6.07) is 10.0. The molecule has 0 unspecified atom stereocenters. The van der Waals surface area contributed by atoms with E-state index < -0.39 is 7.14 Å². The van der Waals surface area contributed by atoms with Gasteiger partial charge >= 0.3 is 0 Å². The van der Waals surface area contributed by atoms with Gasteiger partial charge in [0.2, 0.25) is 0 Å². The van der Waals surface area contributed by atoms with Gasteiger partial charge in [-0.3, -0.25) is 0 Å². The van der Waals surface area contributed by atoms with Crippen molar-refractivity contribution in [1.82, 2.24) is 0 Å². The molecule has 1 aliphatic heterocycles. The van der Waals surface area contributed by atoms with Crippen LogP contribution in [0.1, 0.15) is 19.8 Å². The van der Waals surface area contributed by atoms with E-state index in [1.54, 1.807) is 0 Å². The molecule has 0 spiro atoms. The lowest BCUT2D eigenvalue weighted by Gasteiger charge is -2.27. The quantitative estimate of drug-likeness (QED) is 0.648. The Morgan fingerprint density at radius 3 is 2.29 bits per heavy atom. The van der Waals surface area contributed by atoms with Crippen molar-refractivity contribution in [3.63, 3.8) is 0 Å². The number of rotatable bonds is 1. The summed E-state index contributed by atoms with van der Waals surface area (Å²) in [6.45, 7) is 2.26. The van der Waals surface area contributed by atoms with Crippen molar-refractivity contribution in [3.05, 3.63) is 30.3 Å². The highest BCUT2D eigenvalue weighted by Gasteiger charge is 2.29. The van der Waals surface area contributed by atoms with Gasteiger partial charge in [0.1, 0.15) is 7.14 Å². The van der Waals surface area contributed by atoms with Crippen LogP contribution in [0.4, 0.5) is 0 Å². The molecule has 0 radical (unpaired) electrons. The Labute approximate surface area is 85.9 Å². The molecule has 1 aliphatic rings. The normalized spacial score (nSPS) is 32.8. The summed E-state index contributed by atoms with van der Waals surface area (Å²) in [4.78, 5) is 0. The van der Waals surface area contributed by atoms with Crippen LogP contribution >= 0.6 is 7.14 Å². The standard InChI is InChI=1S/C12H17OP/c1-11-7-9-14(13,10-8-11)12-5-3-2-4-6-12/h2-6,11H,7-10H2,1H3. The zero-order valence-corrected chi connectivity index (χ0v) is 9.54. The molecule has 1 aromatic carbocycles. The maximum Gasteiger partial charge on any atom is 0.115 e. The zero-order valence-electron chi connectivity index (χ0n) is 8.65. The van der Waals surface area contributed by atoms with Crippen LogP contribution in [0.5, 0.6) is 0 Å². The van der Waals surface area contributed by atoms with Crippen LogP contribution < -0.4 is 5.30 Å². The average molecular weight is 208 g/mol. The summed E-state index contributed by atoms with van der Waals surface area (Å²) in [5.41, 5.74) is 0. The van der Waals surface area contributed by atoms with Crippen molar-refractivity contribution in [1.29, 1.82) is 0 Å². The summed E-state index contributed by atoms with van der Waals surface area (Å²) >= 11 is 0. The first-order chi connectivity index (χ1) is 6.71. The van der Waals surface area contributed by atoms with Crippen molar-refractivity contribution in [2.45, 2.75) is 19.8 Å². The molecule has 0 atom stereocenters. The Kier molecular flexibility index (Phi) is 2.78. The lowest BCUT2D eigenvalue weighted by atomic mass is 10.1. The van der Waals surface area contributed by atoms with Gasteiger partial charge in [0.05, 0.1) is 0 Å². The first-order valence-electron chi connectivity index (χ1n) is 5.34. The lowest BCUT2D eigenvalue weighted by molar-refractivity contribution is 0.503. The molecule has 1 fully saturated rings. The van der Waals surface area contributed by atoms with E-state index in [2.05, 4.69) is 6.92 Å². The van der Waals surface area contributed by atoms with Crippen LogP contribution in [0.25, 0.3) is 0 Å². The highest BCUT2D eigenvalue weighted by atomic mass is 31.2. The topological polar surface area (TPSA) is 17.1 Å². The minimum Gasteiger partial charge on any atom is -0.319 e. The summed E-state index contributed by atoms with van der Waals surface area (Å²) in [7, 11) is -2.00. The molecule has 1 aromatic rings. The Bertz CT molecular complexity index is 333. The highest BCUT2D eigenvalue weighted by molar-refractivity contribution is 7.71. The molecule has 0 aliphatic carbocycles. The third-order valence-corrected chi connectivity index (χ3v) is 6.39. The van der Waals surface area contributed by atoms with E-state index in [-0.39, 0.29) is 0 Å². The molecule has 1 heterocycles. The Balaban J connectivity index is 2.22. The van der Waals surface area contributed by atoms with Crippen molar-refractivity contribution in [3.8, 4) is 0 Å². The minimum absolute atomic E-state index is 0.765. The second-order valence-electron chi connectivity index (χ2n) is 4.35. The van der Waals surface area contributed by atoms with Crippen molar-refractivity contribution >= 4 is 12.4 Å². The number of hydrogen-bond donors (Lipinski definition) is 0. The van der Waals surface area contributed by atoms with Gasteiger partial charge in [-0.05, 0) is 18.8 Å². The molecule has 14 heavy (non-hydrogen) atoms. The second kappa shape index (κ2) is 3.90. The lowest BCUT2D eigenvalue weighted by Crippen LogP contribution is -2.18. The Morgan fingerprint density at radius 1 is 1.14 bits per heavy atom. The van der Waals surface area contributed by atoms with E-state index in [1.807, 2.05) is 30.3 Å². The van der Waals surface area contributed by atoms with E-state index in [9.17, 15) is 4.57 Å². The minimum atomic E-state index is -2.00. The fourth-order valence-electron chi connectivity index (χ4n) is 2.07. The van der Waals surface area contributed by atoms with Crippen LogP contribution in [0, 0.1) is 5.92 Å². The molecule has 1 saturated heterocycles. The Morgan fingerprint density at radius 2 is 1.71 bits per heavy atom. The molecule has 2 heteroatoms. The molecular weight excluding hydrogens is 191 g/mol. The van der Waals surface area contributed by atoms with Gasteiger partial charge < -0.3 is 4.57 Å². The second-order valence-corrected chi connectivity index (χ2v) is 7.54. The van der Waals surface area contributed by atoms with Gasteiger partial charge in [0, 0.05) is 17.6 Å². The fourth-order valence-corrected chi connectivity index (χ4v) is 5.24. The van der Waals surface area contributed by atoms with E-state index in [0.29, 0.717) is 0 Å². The third kappa shape index (κ3) is 1.93. The molecule has 2 rings (SSSR count). The molecule has 1 nitrogen and oxygen atoms in total. The smallest absolute Gasteiger partial charge is 0.115 e. The SMILES string of the molecule is CC1CCP(=O)(c2ccccc2)CC1. The molecular formula is C12H17OP. The van der Waals surface area contributed by atoms with Crippen LogP contribution in [0.2, 0.25) is 0 Å². The van der Waals surface area contributed by atoms with E-state index in [1.165, 1.54) is 0 Å². The maximum absolute atomic E-state index is 12.6. The monoisotopic (exact) mass is 208 g/mol. The summed E-state index contributed by atoms with van der Waals surface area (Å²) in [6.07, 6.45) is 4.09.